The Morgan fingerprint density at radius 2 is 2.00 bits per heavy atom. The highest BCUT2D eigenvalue weighted by Crippen LogP contribution is 2.29. The van der Waals surface area contributed by atoms with Gasteiger partial charge in [-0.25, -0.2) is 0 Å². The second-order valence-corrected chi connectivity index (χ2v) is 6.87. The van der Waals surface area contributed by atoms with E-state index in [1.165, 1.54) is 21.8 Å². The van der Waals surface area contributed by atoms with Gasteiger partial charge in [0.15, 0.2) is 0 Å². The molecule has 0 amide bonds. The van der Waals surface area contributed by atoms with Gasteiger partial charge in [-0.3, -0.25) is 0 Å². The van der Waals surface area contributed by atoms with Gasteiger partial charge >= 0.3 is 0 Å². The van der Waals surface area contributed by atoms with Gasteiger partial charge in [0.05, 0.1) is 0 Å². The lowest BCUT2D eigenvalue weighted by Crippen LogP contribution is -1.91. The fraction of sp³-hybridized carbons (Fsp3) is 0.200. The van der Waals surface area contributed by atoms with Gasteiger partial charge in [0.25, 0.3) is 0 Å². The van der Waals surface area contributed by atoms with Crippen LogP contribution >= 0.6 is 90.4 Å². The van der Waals surface area contributed by atoms with E-state index in [4.69, 9.17) is 0 Å². The first-order valence-electron chi connectivity index (χ1n) is 3.96. The van der Waals surface area contributed by atoms with Crippen LogP contribution in [0.4, 0.5) is 0 Å². The Labute approximate surface area is 139 Å². The summed E-state index contributed by atoms with van der Waals surface area (Å²) in [7, 11) is 0. The molecule has 0 aliphatic heterocycles. The molecule has 0 saturated heterocycles. The van der Waals surface area contributed by atoms with Gasteiger partial charge in [-0.2, -0.15) is 0 Å². The van der Waals surface area contributed by atoms with E-state index in [0.717, 1.165) is 4.43 Å². The minimum absolute atomic E-state index is 1.08. The Hall–Kier alpha value is 1.88. The Kier molecular flexibility index (Phi) is 6.55. The summed E-state index contributed by atoms with van der Waals surface area (Å²) < 4.78 is 5.14. The molecule has 1 aromatic rings. The van der Waals surface area contributed by atoms with Gasteiger partial charge in [-0.1, -0.05) is 28.7 Å². The zero-order chi connectivity index (χ0) is 10.7. The van der Waals surface area contributed by atoms with Crippen LogP contribution in [-0.2, 0) is 4.43 Å². The molecule has 4 heteroatoms. The van der Waals surface area contributed by atoms with E-state index in [9.17, 15) is 0 Å². The predicted molar refractivity (Wildman–Crippen MR) is 97.3 cm³/mol. The lowest BCUT2D eigenvalue weighted by atomic mass is 10.1. The van der Waals surface area contributed by atoms with Crippen LogP contribution in [0.25, 0.3) is 3.58 Å². The van der Waals surface area contributed by atoms with E-state index < -0.39 is 0 Å². The first-order chi connectivity index (χ1) is 6.60. The third kappa shape index (κ3) is 3.44. The molecule has 0 aliphatic carbocycles. The van der Waals surface area contributed by atoms with Crippen LogP contribution in [-0.4, -0.2) is 0 Å². The molecule has 0 saturated carbocycles. The van der Waals surface area contributed by atoms with Crippen LogP contribution in [0.5, 0.6) is 0 Å². The van der Waals surface area contributed by atoms with Gasteiger partial charge in [-0.15, -0.1) is 0 Å². The highest BCUT2D eigenvalue weighted by Gasteiger charge is 2.06. The molecule has 1 aromatic carbocycles. The molecule has 14 heavy (non-hydrogen) atoms. The van der Waals surface area contributed by atoms with Crippen molar-refractivity contribution in [1.82, 2.24) is 0 Å². The number of allylic oxidation sites excluding steroid dienone is 1. The molecular formula is C10H8I4. The van der Waals surface area contributed by atoms with Crippen molar-refractivity contribution >= 4 is 93.9 Å². The maximum atomic E-state index is 2.42. The largest absolute Gasteiger partial charge is 0.0811 e. The molecule has 0 N–H and O–H groups in total. The average molecular weight is 636 g/mol. The predicted octanol–water partition coefficient (Wildman–Crippen LogP) is 5.63. The van der Waals surface area contributed by atoms with Crippen molar-refractivity contribution in [1.29, 1.82) is 0 Å². The smallest absolute Gasteiger partial charge is 0.0304 e. The molecule has 0 heterocycles. The van der Waals surface area contributed by atoms with Crippen LogP contribution in [0.15, 0.2) is 18.2 Å². The maximum Gasteiger partial charge on any atom is 0.0304 e. The van der Waals surface area contributed by atoms with Crippen molar-refractivity contribution in [3.8, 4) is 0 Å². The van der Waals surface area contributed by atoms with E-state index >= 15 is 0 Å². The number of hydrogen-bond acceptors (Lipinski definition) is 0. The number of hydrogen-bond donors (Lipinski definition) is 0. The van der Waals surface area contributed by atoms with E-state index in [-0.39, 0.29) is 0 Å². The van der Waals surface area contributed by atoms with Crippen molar-refractivity contribution in [2.75, 3.05) is 0 Å². The maximum absolute atomic E-state index is 2.42. The summed E-state index contributed by atoms with van der Waals surface area (Å²) >= 11 is 9.63. The lowest BCUT2D eigenvalue weighted by molar-refractivity contribution is 1.37. The molecule has 76 valence electrons. The normalized spacial score (nSPS) is 11.9. The summed E-state index contributed by atoms with van der Waals surface area (Å²) in [4.78, 5) is 0. The minimum Gasteiger partial charge on any atom is -0.0811 e. The fourth-order valence-electron chi connectivity index (χ4n) is 1.05. The molecule has 0 radical (unpaired) electrons. The molecule has 0 spiro atoms. The zero-order valence-electron chi connectivity index (χ0n) is 7.45. The Balaban J connectivity index is 3.30. The Bertz CT molecular complexity index is 369. The lowest BCUT2D eigenvalue weighted by Gasteiger charge is -2.07. The Morgan fingerprint density at radius 1 is 1.36 bits per heavy atom. The van der Waals surface area contributed by atoms with Crippen molar-refractivity contribution in [3.63, 3.8) is 0 Å². The van der Waals surface area contributed by atoms with Crippen LogP contribution in [0.3, 0.4) is 0 Å². The number of alkyl halides is 1. The van der Waals surface area contributed by atoms with Gasteiger partial charge in [0, 0.05) is 15.1 Å². The average Bonchev–Trinajstić information content (AvgIpc) is 2.20. The quantitative estimate of drug-likeness (QED) is 0.292. The third-order valence-electron chi connectivity index (χ3n) is 1.78. The van der Waals surface area contributed by atoms with Gasteiger partial charge < -0.3 is 0 Å². The van der Waals surface area contributed by atoms with E-state index in [0.29, 0.717) is 0 Å². The number of halogens is 4. The van der Waals surface area contributed by atoms with Gasteiger partial charge in [0.2, 0.25) is 0 Å². The fourth-order valence-corrected chi connectivity index (χ4v) is 3.87. The molecule has 1 rings (SSSR count). The molecular weight excluding hydrogens is 628 g/mol. The standard InChI is InChI=1S/C10H8I4/c1-2-8(12)6-3-7(5-11)10(14)9(13)4-6/h2-4H,5H2,1H3/b8-2+. The van der Waals surface area contributed by atoms with E-state index in [2.05, 4.69) is 115 Å². The molecule has 0 aromatic heterocycles. The highest BCUT2D eigenvalue weighted by atomic mass is 127. The van der Waals surface area contributed by atoms with E-state index in [1.54, 1.807) is 0 Å². The molecule has 0 fully saturated rings. The summed E-state index contributed by atoms with van der Waals surface area (Å²) in [5.74, 6) is 0. The topological polar surface area (TPSA) is 0 Å². The van der Waals surface area contributed by atoms with Crippen molar-refractivity contribution in [2.24, 2.45) is 0 Å². The zero-order valence-corrected chi connectivity index (χ0v) is 16.1. The summed E-state index contributed by atoms with van der Waals surface area (Å²) in [5.41, 5.74) is 2.77. The van der Waals surface area contributed by atoms with Gasteiger partial charge in [0.1, 0.15) is 0 Å². The first-order valence-corrected chi connectivity index (χ1v) is 8.72. The second kappa shape index (κ2) is 6.58. The number of rotatable bonds is 2. The third-order valence-corrected chi connectivity index (χ3v) is 7.00. The van der Waals surface area contributed by atoms with Crippen molar-refractivity contribution in [3.05, 3.63) is 36.5 Å². The molecule has 0 atom stereocenters. The van der Waals surface area contributed by atoms with Crippen molar-refractivity contribution in [2.45, 2.75) is 11.4 Å². The van der Waals surface area contributed by atoms with Gasteiger partial charge in [-0.05, 0) is 98.0 Å². The highest BCUT2D eigenvalue weighted by molar-refractivity contribution is 14.1. The summed E-state index contributed by atoms with van der Waals surface area (Å²) in [6.07, 6.45) is 2.15. The first kappa shape index (κ1) is 13.9. The summed E-state index contributed by atoms with van der Waals surface area (Å²) in [6, 6.07) is 4.54. The van der Waals surface area contributed by atoms with Crippen LogP contribution in [0, 0.1) is 7.14 Å². The Morgan fingerprint density at radius 3 is 2.50 bits per heavy atom. The van der Waals surface area contributed by atoms with Crippen LogP contribution in [0.1, 0.15) is 18.1 Å². The molecule has 0 nitrogen and oxygen atoms in total. The molecule has 0 aliphatic rings. The van der Waals surface area contributed by atoms with Crippen LogP contribution < -0.4 is 0 Å². The monoisotopic (exact) mass is 636 g/mol. The molecule has 0 unspecified atom stereocenters. The van der Waals surface area contributed by atoms with Crippen molar-refractivity contribution < 1.29 is 0 Å². The summed E-state index contributed by atoms with van der Waals surface area (Å²) in [5, 5.41) is 0. The minimum atomic E-state index is 1.08. The van der Waals surface area contributed by atoms with Crippen LogP contribution in [0.2, 0.25) is 0 Å². The molecule has 0 bridgehead atoms. The number of benzene rings is 1. The van der Waals surface area contributed by atoms with E-state index in [1.807, 2.05) is 0 Å². The second-order valence-electron chi connectivity index (χ2n) is 2.70. The SMILES string of the molecule is C/C=C(/I)c1cc(I)c(I)c(CI)c1. The summed E-state index contributed by atoms with van der Waals surface area (Å²) in [6.45, 7) is 2.08.